The summed E-state index contributed by atoms with van der Waals surface area (Å²) in [6.07, 6.45) is 2.05. The van der Waals surface area contributed by atoms with Crippen LogP contribution in [0.25, 0.3) is 10.2 Å². The van der Waals surface area contributed by atoms with Gasteiger partial charge in [-0.1, -0.05) is 22.9 Å². The van der Waals surface area contributed by atoms with E-state index in [2.05, 4.69) is 0 Å². The van der Waals surface area contributed by atoms with Crippen molar-refractivity contribution in [3.8, 4) is 5.75 Å². The third-order valence-electron chi connectivity index (χ3n) is 4.78. The normalized spacial score (nSPS) is 16.1. The molecule has 1 fully saturated rings. The van der Waals surface area contributed by atoms with E-state index in [4.69, 9.17) is 26.1 Å². The molecule has 1 unspecified atom stereocenters. The number of benzene rings is 2. The Hall–Kier alpha value is -1.80. The third-order valence-corrected chi connectivity index (χ3v) is 7.07. The first kappa shape index (κ1) is 21.4. The number of aromatic nitrogens is 1. The van der Waals surface area contributed by atoms with Crippen LogP contribution in [-0.2, 0) is 9.53 Å². The van der Waals surface area contributed by atoms with Crippen LogP contribution in [0.2, 0.25) is 5.02 Å². The van der Waals surface area contributed by atoms with Crippen molar-refractivity contribution in [1.82, 2.24) is 4.98 Å². The second-order valence-corrected chi connectivity index (χ2v) is 9.44. The van der Waals surface area contributed by atoms with Gasteiger partial charge in [0, 0.05) is 16.5 Å². The molecule has 5 nitrogen and oxygen atoms in total. The second kappa shape index (κ2) is 10.0. The van der Waals surface area contributed by atoms with Crippen LogP contribution >= 0.6 is 34.7 Å². The minimum absolute atomic E-state index is 0.0227. The zero-order valence-corrected chi connectivity index (χ0v) is 19.1. The summed E-state index contributed by atoms with van der Waals surface area (Å²) in [4.78, 5) is 20.7. The summed E-state index contributed by atoms with van der Waals surface area (Å²) in [6.45, 7) is 3.85. The van der Waals surface area contributed by atoms with E-state index in [-0.39, 0.29) is 12.0 Å². The van der Waals surface area contributed by atoms with Crippen LogP contribution in [0.5, 0.6) is 5.75 Å². The minimum atomic E-state index is 0.0227. The number of rotatable bonds is 8. The Labute approximate surface area is 189 Å². The predicted molar refractivity (Wildman–Crippen MR) is 124 cm³/mol. The number of hydrogen-bond donors (Lipinski definition) is 0. The summed E-state index contributed by atoms with van der Waals surface area (Å²) in [6, 6.07) is 13.4. The molecule has 1 aliphatic heterocycles. The van der Waals surface area contributed by atoms with Crippen molar-refractivity contribution < 1.29 is 14.3 Å². The smallest absolute Gasteiger partial charge is 0.239 e. The summed E-state index contributed by atoms with van der Waals surface area (Å²) >= 11 is 8.97. The first-order valence-electron chi connectivity index (χ1n) is 9.96. The van der Waals surface area contributed by atoms with Gasteiger partial charge in [0.25, 0.3) is 0 Å². The monoisotopic (exact) mass is 462 g/mol. The Morgan fingerprint density at radius 1 is 1.33 bits per heavy atom. The Bertz CT molecular complexity index is 1000. The van der Waals surface area contributed by atoms with Gasteiger partial charge in [-0.05, 0) is 62.2 Å². The standard InChI is InChI=1S/C22H23ClN2O3S2/c1-2-27-16-7-10-19-20(12-16)30-22(24-19)25(13-17-4-3-11-28-17)21(26)14-29-18-8-5-15(23)6-9-18/h5-10,12,17H,2-4,11,13-14H2,1H3. The molecule has 0 spiro atoms. The highest BCUT2D eigenvalue weighted by molar-refractivity contribution is 8.00. The van der Waals surface area contributed by atoms with E-state index < -0.39 is 0 Å². The number of fused-ring (bicyclic) bond motifs is 1. The molecule has 8 heteroatoms. The average Bonchev–Trinajstić information content (AvgIpc) is 3.41. The van der Waals surface area contributed by atoms with Gasteiger partial charge in [-0.2, -0.15) is 0 Å². The molecule has 1 amide bonds. The zero-order valence-electron chi connectivity index (χ0n) is 16.7. The topological polar surface area (TPSA) is 51.7 Å². The van der Waals surface area contributed by atoms with Gasteiger partial charge in [-0.15, -0.1) is 11.8 Å². The Morgan fingerprint density at radius 3 is 2.90 bits per heavy atom. The van der Waals surface area contributed by atoms with Gasteiger partial charge in [-0.3, -0.25) is 9.69 Å². The lowest BCUT2D eigenvalue weighted by atomic mass is 10.2. The van der Waals surface area contributed by atoms with Crippen molar-refractivity contribution in [3.05, 3.63) is 47.5 Å². The summed E-state index contributed by atoms with van der Waals surface area (Å²) in [7, 11) is 0. The summed E-state index contributed by atoms with van der Waals surface area (Å²) in [5.41, 5.74) is 0.869. The Balaban J connectivity index is 1.54. The first-order valence-corrected chi connectivity index (χ1v) is 12.1. The Morgan fingerprint density at radius 2 is 2.17 bits per heavy atom. The van der Waals surface area contributed by atoms with Gasteiger partial charge >= 0.3 is 0 Å². The number of nitrogens with zero attached hydrogens (tertiary/aromatic N) is 2. The van der Waals surface area contributed by atoms with E-state index in [1.807, 2.05) is 49.4 Å². The number of carbonyl (C=O) groups excluding carboxylic acids is 1. The number of thiazole rings is 1. The van der Waals surface area contributed by atoms with E-state index in [0.29, 0.717) is 29.1 Å². The second-order valence-electron chi connectivity index (χ2n) is 6.94. The molecule has 30 heavy (non-hydrogen) atoms. The van der Waals surface area contributed by atoms with Crippen LogP contribution in [0.1, 0.15) is 19.8 Å². The number of amides is 1. The van der Waals surface area contributed by atoms with Crippen molar-refractivity contribution in [1.29, 1.82) is 0 Å². The largest absolute Gasteiger partial charge is 0.494 e. The molecule has 1 aliphatic rings. The minimum Gasteiger partial charge on any atom is -0.494 e. The van der Waals surface area contributed by atoms with Crippen LogP contribution in [0.4, 0.5) is 5.13 Å². The van der Waals surface area contributed by atoms with Gasteiger partial charge in [-0.25, -0.2) is 4.98 Å². The van der Waals surface area contributed by atoms with Gasteiger partial charge in [0.2, 0.25) is 5.91 Å². The van der Waals surface area contributed by atoms with Gasteiger partial charge in [0.15, 0.2) is 5.13 Å². The lowest BCUT2D eigenvalue weighted by Crippen LogP contribution is -2.38. The SMILES string of the molecule is CCOc1ccc2nc(N(CC3CCCO3)C(=O)CSc3ccc(Cl)cc3)sc2c1. The number of halogens is 1. The lowest BCUT2D eigenvalue weighted by Gasteiger charge is -2.23. The number of ether oxygens (including phenoxy) is 2. The van der Waals surface area contributed by atoms with Gasteiger partial charge in [0.05, 0.1) is 35.2 Å². The fourth-order valence-electron chi connectivity index (χ4n) is 3.30. The van der Waals surface area contributed by atoms with Crippen LogP contribution in [0, 0.1) is 0 Å². The number of anilines is 1. The highest BCUT2D eigenvalue weighted by Gasteiger charge is 2.26. The molecule has 0 N–H and O–H groups in total. The summed E-state index contributed by atoms with van der Waals surface area (Å²) in [5.74, 6) is 1.17. The maximum absolute atomic E-state index is 13.2. The van der Waals surface area contributed by atoms with E-state index >= 15 is 0 Å². The highest BCUT2D eigenvalue weighted by atomic mass is 35.5. The van der Waals surface area contributed by atoms with Crippen molar-refractivity contribution in [3.63, 3.8) is 0 Å². The number of carbonyl (C=O) groups is 1. The Kier molecular flexibility index (Phi) is 7.15. The molecular weight excluding hydrogens is 440 g/mol. The molecule has 1 atom stereocenters. The van der Waals surface area contributed by atoms with Crippen molar-refractivity contribution in [2.45, 2.75) is 30.8 Å². The molecular formula is C22H23ClN2O3S2. The summed E-state index contributed by atoms with van der Waals surface area (Å²) in [5, 5.41) is 1.39. The van der Waals surface area contributed by atoms with Crippen molar-refractivity contribution >= 4 is 56.0 Å². The molecule has 3 aromatic rings. The molecule has 0 bridgehead atoms. The molecule has 0 saturated carbocycles. The molecule has 0 radical (unpaired) electrons. The number of hydrogen-bond acceptors (Lipinski definition) is 6. The average molecular weight is 463 g/mol. The molecule has 2 heterocycles. The van der Waals surface area contributed by atoms with Crippen LogP contribution in [-0.4, -0.2) is 42.5 Å². The van der Waals surface area contributed by atoms with Crippen molar-refractivity contribution in [2.24, 2.45) is 0 Å². The third kappa shape index (κ3) is 5.27. The van der Waals surface area contributed by atoms with E-state index in [9.17, 15) is 4.79 Å². The van der Waals surface area contributed by atoms with Crippen LogP contribution in [0.3, 0.4) is 0 Å². The molecule has 158 valence electrons. The molecule has 2 aromatic carbocycles. The van der Waals surface area contributed by atoms with Crippen LogP contribution in [0.15, 0.2) is 47.4 Å². The van der Waals surface area contributed by atoms with Crippen LogP contribution < -0.4 is 9.64 Å². The molecule has 1 aromatic heterocycles. The zero-order chi connectivity index (χ0) is 20.9. The highest BCUT2D eigenvalue weighted by Crippen LogP contribution is 2.33. The molecule has 4 rings (SSSR count). The first-order chi connectivity index (χ1) is 14.6. The fraction of sp³-hybridized carbons (Fsp3) is 0.364. The van der Waals surface area contributed by atoms with Gasteiger partial charge < -0.3 is 9.47 Å². The van der Waals surface area contributed by atoms with Gasteiger partial charge in [0.1, 0.15) is 5.75 Å². The summed E-state index contributed by atoms with van der Waals surface area (Å²) < 4.78 is 12.4. The maximum Gasteiger partial charge on any atom is 0.239 e. The lowest BCUT2D eigenvalue weighted by molar-refractivity contribution is -0.116. The van der Waals surface area contributed by atoms with Crippen molar-refractivity contribution in [2.75, 3.05) is 30.4 Å². The molecule has 0 aliphatic carbocycles. The maximum atomic E-state index is 13.2. The number of thioether (sulfide) groups is 1. The predicted octanol–water partition coefficient (Wildman–Crippen LogP) is 5.65. The van der Waals surface area contributed by atoms with E-state index in [1.54, 1.807) is 4.90 Å². The quantitative estimate of drug-likeness (QED) is 0.405. The molecule has 1 saturated heterocycles. The fourth-order valence-corrected chi connectivity index (χ4v) is 5.22. The van der Waals surface area contributed by atoms with E-state index in [0.717, 1.165) is 40.3 Å². The van der Waals surface area contributed by atoms with E-state index in [1.165, 1.54) is 23.1 Å².